The molecule has 2 N–H and O–H groups in total. The molecule has 0 aliphatic carbocycles. The van der Waals surface area contributed by atoms with Crippen molar-refractivity contribution >= 4 is 24.3 Å². The third kappa shape index (κ3) is 4.82. The van der Waals surface area contributed by atoms with Crippen LogP contribution in [0.25, 0.3) is 0 Å². The van der Waals surface area contributed by atoms with E-state index in [4.69, 9.17) is 19.8 Å². The van der Waals surface area contributed by atoms with E-state index in [0.717, 1.165) is 42.8 Å². The number of nitrogens with two attached hydrogens (primary N) is 1. The average Bonchev–Trinajstić information content (AvgIpc) is 3.00. The molecule has 4 rings (SSSR count). The molecule has 0 radical (unpaired) electrons. The van der Waals surface area contributed by atoms with Crippen LogP contribution in [0.2, 0.25) is 0 Å². The first-order chi connectivity index (χ1) is 15.1. The van der Waals surface area contributed by atoms with Crippen LogP contribution in [0, 0.1) is 0 Å². The monoisotopic (exact) mass is 437 g/mol. The molecule has 0 saturated carbocycles. The molecule has 2 saturated heterocycles. The Morgan fingerprint density at radius 3 is 2.25 bits per heavy atom. The van der Waals surface area contributed by atoms with Crippen LogP contribution in [-0.2, 0) is 20.7 Å². The molecule has 1 amide bonds. The van der Waals surface area contributed by atoms with Crippen molar-refractivity contribution in [2.75, 3.05) is 18.0 Å². The van der Waals surface area contributed by atoms with Gasteiger partial charge in [-0.1, -0.05) is 24.3 Å². The molecule has 1 aromatic carbocycles. The molecule has 0 atom stereocenters. The number of hydrogen-bond acceptors (Lipinski definition) is 6. The van der Waals surface area contributed by atoms with E-state index in [9.17, 15) is 4.79 Å². The second-order valence-corrected chi connectivity index (χ2v) is 9.60. The minimum atomic E-state index is -0.458. The van der Waals surface area contributed by atoms with Gasteiger partial charge in [-0.3, -0.25) is 4.79 Å². The van der Waals surface area contributed by atoms with Crippen molar-refractivity contribution in [2.24, 2.45) is 5.73 Å². The number of anilines is 1. The van der Waals surface area contributed by atoms with Crippen molar-refractivity contribution in [1.29, 1.82) is 0 Å². The predicted molar refractivity (Wildman–Crippen MR) is 125 cm³/mol. The fourth-order valence-electron chi connectivity index (χ4n) is 3.93. The first-order valence-corrected chi connectivity index (χ1v) is 11.2. The smallest absolute Gasteiger partial charge is 0.399 e. The van der Waals surface area contributed by atoms with Crippen LogP contribution in [-0.4, -0.2) is 48.4 Å². The zero-order valence-corrected chi connectivity index (χ0v) is 19.3. The molecular weight excluding hydrogens is 405 g/mol. The van der Waals surface area contributed by atoms with Gasteiger partial charge in [0.15, 0.2) is 0 Å². The summed E-state index contributed by atoms with van der Waals surface area (Å²) >= 11 is 0. The van der Waals surface area contributed by atoms with E-state index >= 15 is 0 Å². The van der Waals surface area contributed by atoms with Crippen LogP contribution < -0.4 is 16.1 Å². The number of benzene rings is 1. The molecule has 170 valence electrons. The Kier molecular flexibility index (Phi) is 6.29. The zero-order chi connectivity index (χ0) is 22.9. The van der Waals surface area contributed by atoms with Crippen molar-refractivity contribution < 1.29 is 18.8 Å². The van der Waals surface area contributed by atoms with Crippen molar-refractivity contribution in [2.45, 2.75) is 64.4 Å². The van der Waals surface area contributed by atoms with Crippen LogP contribution in [0.4, 0.5) is 5.82 Å². The Balaban J connectivity index is 1.25. The standard InChI is InChI=1S/C24H32BN3O4/c1-23(2)24(3,4)32-25(31-23)19-8-5-17(6-9-19)16-30-20-11-13-28(14-12-20)21-10-7-18(15-27-21)22(26)29/h5-10,15,20H,11-14,16H2,1-4H3,(H2,26,29). The molecule has 8 heteroatoms. The average molecular weight is 437 g/mol. The lowest BCUT2D eigenvalue weighted by Gasteiger charge is -2.32. The number of nitrogens with zero attached hydrogens (tertiary/aromatic N) is 2. The largest absolute Gasteiger partial charge is 0.494 e. The number of carbonyl (C=O) groups is 1. The van der Waals surface area contributed by atoms with Crippen LogP contribution in [0.1, 0.15) is 56.5 Å². The Labute approximate surface area is 190 Å². The summed E-state index contributed by atoms with van der Waals surface area (Å²) in [6, 6.07) is 11.9. The number of carbonyl (C=O) groups excluding carboxylic acids is 1. The van der Waals surface area contributed by atoms with Gasteiger partial charge in [-0.05, 0) is 63.7 Å². The molecular formula is C24H32BN3O4. The highest BCUT2D eigenvalue weighted by Gasteiger charge is 2.51. The molecule has 32 heavy (non-hydrogen) atoms. The van der Waals surface area contributed by atoms with Gasteiger partial charge in [-0.15, -0.1) is 0 Å². The van der Waals surface area contributed by atoms with E-state index in [2.05, 4.69) is 61.8 Å². The van der Waals surface area contributed by atoms with Gasteiger partial charge >= 0.3 is 7.12 Å². The Morgan fingerprint density at radius 2 is 1.72 bits per heavy atom. The minimum absolute atomic E-state index is 0.221. The number of rotatable bonds is 6. The molecule has 0 spiro atoms. The summed E-state index contributed by atoms with van der Waals surface area (Å²) in [5.74, 6) is 0.409. The third-order valence-corrected chi connectivity index (χ3v) is 6.79. The lowest BCUT2D eigenvalue weighted by atomic mass is 9.79. The maximum Gasteiger partial charge on any atom is 0.494 e. The van der Waals surface area contributed by atoms with Crippen LogP contribution >= 0.6 is 0 Å². The van der Waals surface area contributed by atoms with Crippen molar-refractivity contribution in [3.63, 3.8) is 0 Å². The number of piperidine rings is 1. The second-order valence-electron chi connectivity index (χ2n) is 9.60. The van der Waals surface area contributed by atoms with E-state index in [0.29, 0.717) is 12.2 Å². The summed E-state index contributed by atoms with van der Waals surface area (Å²) in [6.07, 6.45) is 3.63. The van der Waals surface area contributed by atoms with Crippen molar-refractivity contribution in [1.82, 2.24) is 4.98 Å². The van der Waals surface area contributed by atoms with Crippen LogP contribution in [0.15, 0.2) is 42.6 Å². The highest BCUT2D eigenvalue weighted by atomic mass is 16.7. The second kappa shape index (κ2) is 8.85. The van der Waals surface area contributed by atoms with Gasteiger partial charge in [-0.25, -0.2) is 4.98 Å². The highest BCUT2D eigenvalue weighted by molar-refractivity contribution is 6.62. The topological polar surface area (TPSA) is 86.9 Å². The highest BCUT2D eigenvalue weighted by Crippen LogP contribution is 2.36. The predicted octanol–water partition coefficient (Wildman–Crippen LogP) is 2.67. The molecule has 7 nitrogen and oxygen atoms in total. The Morgan fingerprint density at radius 1 is 1.09 bits per heavy atom. The summed E-state index contributed by atoms with van der Waals surface area (Å²) < 4.78 is 18.4. The SMILES string of the molecule is CC1(C)OB(c2ccc(COC3CCN(c4ccc(C(N)=O)cn4)CC3)cc2)OC1(C)C. The first-order valence-electron chi connectivity index (χ1n) is 11.2. The quantitative estimate of drug-likeness (QED) is 0.700. The summed E-state index contributed by atoms with van der Waals surface area (Å²) in [4.78, 5) is 17.8. The zero-order valence-electron chi connectivity index (χ0n) is 19.3. The number of pyridine rings is 1. The molecule has 0 unspecified atom stereocenters. The summed E-state index contributed by atoms with van der Waals surface area (Å²) in [5.41, 5.74) is 7.19. The number of hydrogen-bond donors (Lipinski definition) is 1. The summed E-state index contributed by atoms with van der Waals surface area (Å²) in [7, 11) is -0.343. The third-order valence-electron chi connectivity index (χ3n) is 6.79. The maximum absolute atomic E-state index is 11.2. The van der Waals surface area contributed by atoms with Gasteiger partial charge in [0.1, 0.15) is 5.82 Å². The lowest BCUT2D eigenvalue weighted by Crippen LogP contribution is -2.41. The minimum Gasteiger partial charge on any atom is -0.399 e. The van der Waals surface area contributed by atoms with Crippen molar-refractivity contribution in [3.8, 4) is 0 Å². The Hall–Kier alpha value is -2.42. The molecule has 2 fully saturated rings. The summed E-state index contributed by atoms with van der Waals surface area (Å²) in [5, 5.41) is 0. The van der Waals surface area contributed by atoms with Gasteiger partial charge < -0.3 is 24.7 Å². The van der Waals surface area contributed by atoms with Crippen LogP contribution in [0.5, 0.6) is 0 Å². The normalized spacial score (nSPS) is 20.5. The number of amides is 1. The van der Waals surface area contributed by atoms with Crippen LogP contribution in [0.3, 0.4) is 0 Å². The van der Waals surface area contributed by atoms with Gasteiger partial charge in [0.25, 0.3) is 0 Å². The van der Waals surface area contributed by atoms with Gasteiger partial charge in [-0.2, -0.15) is 0 Å². The Bertz CT molecular complexity index is 923. The summed E-state index contributed by atoms with van der Waals surface area (Å²) in [6.45, 7) is 10.6. The first kappa shape index (κ1) is 22.8. The van der Waals surface area contributed by atoms with E-state index in [1.165, 1.54) is 6.20 Å². The molecule has 2 aromatic rings. The van der Waals surface area contributed by atoms with Gasteiger partial charge in [0.2, 0.25) is 5.91 Å². The van der Waals surface area contributed by atoms with Crippen molar-refractivity contribution in [3.05, 3.63) is 53.7 Å². The number of primary amides is 1. The molecule has 2 aliphatic rings. The maximum atomic E-state index is 11.2. The molecule has 2 aliphatic heterocycles. The molecule has 0 bridgehead atoms. The van der Waals surface area contributed by atoms with E-state index in [1.807, 2.05) is 6.07 Å². The van der Waals surface area contributed by atoms with E-state index in [1.54, 1.807) is 6.07 Å². The fourth-order valence-corrected chi connectivity index (χ4v) is 3.93. The van der Waals surface area contributed by atoms with E-state index < -0.39 is 5.91 Å². The van der Waals surface area contributed by atoms with E-state index in [-0.39, 0.29) is 24.4 Å². The van der Waals surface area contributed by atoms with Gasteiger partial charge in [0.05, 0.1) is 29.5 Å². The fraction of sp³-hybridized carbons (Fsp3) is 0.500. The lowest BCUT2D eigenvalue weighted by molar-refractivity contribution is 0.00578. The van der Waals surface area contributed by atoms with Gasteiger partial charge in [0, 0.05) is 19.3 Å². The number of ether oxygens (including phenoxy) is 1. The number of aromatic nitrogens is 1. The molecule has 1 aromatic heterocycles. The molecule has 3 heterocycles.